The average molecular weight is 350 g/mol. The second-order valence-corrected chi connectivity index (χ2v) is 7.13. The van der Waals surface area contributed by atoms with Gasteiger partial charge in [-0.1, -0.05) is 59.8 Å². The zero-order chi connectivity index (χ0) is 17.4. The van der Waals surface area contributed by atoms with Crippen molar-refractivity contribution in [2.75, 3.05) is 0 Å². The number of rotatable bonds is 3. The molecule has 1 atom stereocenters. The third-order valence-electron chi connectivity index (χ3n) is 4.20. The Morgan fingerprint density at radius 1 is 1.04 bits per heavy atom. The summed E-state index contributed by atoms with van der Waals surface area (Å²) in [6.07, 6.45) is 0. The lowest BCUT2D eigenvalue weighted by atomic mass is 10.2. The molecule has 2 heterocycles. The first-order valence-corrected chi connectivity index (χ1v) is 8.95. The summed E-state index contributed by atoms with van der Waals surface area (Å²) in [5.41, 5.74) is 7.70. The second-order valence-electron chi connectivity index (χ2n) is 6.04. The number of para-hydroxylation sites is 1. The molecule has 6 heteroatoms. The first kappa shape index (κ1) is 15.8. The van der Waals surface area contributed by atoms with E-state index in [1.807, 2.05) is 37.3 Å². The highest BCUT2D eigenvalue weighted by atomic mass is 32.2. The van der Waals surface area contributed by atoms with Crippen LogP contribution in [0.1, 0.15) is 27.8 Å². The van der Waals surface area contributed by atoms with E-state index < -0.39 is 0 Å². The molecule has 1 unspecified atom stereocenters. The van der Waals surface area contributed by atoms with Gasteiger partial charge in [0, 0.05) is 11.3 Å². The lowest BCUT2D eigenvalue weighted by Gasteiger charge is -2.06. The molecule has 0 fully saturated rings. The van der Waals surface area contributed by atoms with Gasteiger partial charge in [-0.15, -0.1) is 0 Å². The number of hydrazone groups is 1. The summed E-state index contributed by atoms with van der Waals surface area (Å²) in [6, 6.07) is 17.8. The third-order valence-corrected chi connectivity index (χ3v) is 5.33. The number of nitrogens with zero attached hydrogens (tertiary/aromatic N) is 2. The van der Waals surface area contributed by atoms with E-state index in [1.165, 1.54) is 5.56 Å². The van der Waals surface area contributed by atoms with Gasteiger partial charge in [0.1, 0.15) is 10.4 Å². The topological polar surface area (TPSA) is 62.2 Å². The van der Waals surface area contributed by atoms with Crippen LogP contribution in [0.2, 0.25) is 0 Å². The minimum absolute atomic E-state index is 0.0472. The fourth-order valence-corrected chi connectivity index (χ4v) is 3.96. The van der Waals surface area contributed by atoms with Crippen LogP contribution in [0.15, 0.2) is 64.5 Å². The Morgan fingerprint density at radius 3 is 2.48 bits per heavy atom. The van der Waals surface area contributed by atoms with Crippen LogP contribution in [0.25, 0.3) is 5.69 Å². The second kappa shape index (κ2) is 6.29. The highest BCUT2D eigenvalue weighted by molar-refractivity contribution is 8.14. The van der Waals surface area contributed by atoms with E-state index in [4.69, 9.17) is 0 Å². The normalized spacial score (nSPS) is 16.6. The number of aromatic nitrogens is 2. The van der Waals surface area contributed by atoms with Crippen molar-refractivity contribution in [2.24, 2.45) is 5.10 Å². The van der Waals surface area contributed by atoms with Crippen LogP contribution in [0, 0.1) is 13.8 Å². The van der Waals surface area contributed by atoms with Crippen molar-refractivity contribution in [3.63, 3.8) is 0 Å². The number of aromatic amines is 1. The summed E-state index contributed by atoms with van der Waals surface area (Å²) in [7, 11) is 0. The molecule has 126 valence electrons. The van der Waals surface area contributed by atoms with E-state index in [1.54, 1.807) is 16.4 Å². The van der Waals surface area contributed by atoms with Gasteiger partial charge in [-0.05, 0) is 26.0 Å². The Kier molecular flexibility index (Phi) is 3.97. The molecule has 0 saturated heterocycles. The van der Waals surface area contributed by atoms with Crippen molar-refractivity contribution >= 4 is 16.8 Å². The maximum Gasteiger partial charge on any atom is 0.277 e. The average Bonchev–Trinajstić information content (AvgIpc) is 3.21. The van der Waals surface area contributed by atoms with Gasteiger partial charge in [-0.2, -0.15) is 5.10 Å². The Morgan fingerprint density at radius 2 is 1.76 bits per heavy atom. The van der Waals surface area contributed by atoms with Crippen molar-refractivity contribution in [3.05, 3.63) is 87.3 Å². The van der Waals surface area contributed by atoms with Crippen molar-refractivity contribution in [3.8, 4) is 5.69 Å². The van der Waals surface area contributed by atoms with Gasteiger partial charge in [-0.25, -0.2) is 4.68 Å². The van der Waals surface area contributed by atoms with Crippen molar-refractivity contribution in [1.29, 1.82) is 0 Å². The Balaban J connectivity index is 1.63. The molecular weight excluding hydrogens is 332 g/mol. The van der Waals surface area contributed by atoms with Gasteiger partial charge in [0.05, 0.1) is 11.3 Å². The smallest absolute Gasteiger partial charge is 0.277 e. The molecule has 0 bridgehead atoms. The summed E-state index contributed by atoms with van der Waals surface area (Å²) >= 11 is 1.57. The van der Waals surface area contributed by atoms with Gasteiger partial charge in [-0.3, -0.25) is 15.3 Å². The van der Waals surface area contributed by atoms with Crippen LogP contribution in [-0.4, -0.2) is 14.8 Å². The van der Waals surface area contributed by atoms with Crippen molar-refractivity contribution in [2.45, 2.75) is 19.2 Å². The van der Waals surface area contributed by atoms with Gasteiger partial charge in [0.15, 0.2) is 0 Å². The van der Waals surface area contributed by atoms with Crippen LogP contribution in [0.4, 0.5) is 0 Å². The third kappa shape index (κ3) is 2.89. The van der Waals surface area contributed by atoms with Crippen molar-refractivity contribution < 1.29 is 0 Å². The first-order valence-electron chi connectivity index (χ1n) is 8.07. The molecule has 0 spiro atoms. The highest BCUT2D eigenvalue weighted by Gasteiger charge is 2.28. The summed E-state index contributed by atoms with van der Waals surface area (Å²) in [4.78, 5) is 12.9. The largest absolute Gasteiger partial charge is 0.295 e. The molecule has 0 aliphatic carbocycles. The van der Waals surface area contributed by atoms with Crippen molar-refractivity contribution in [1.82, 2.24) is 15.2 Å². The van der Waals surface area contributed by atoms with Crippen LogP contribution >= 0.6 is 11.8 Å². The molecule has 3 aromatic rings. The number of H-pyrrole nitrogens is 1. The van der Waals surface area contributed by atoms with E-state index in [0.29, 0.717) is 5.56 Å². The quantitative estimate of drug-likeness (QED) is 0.760. The summed E-state index contributed by atoms with van der Waals surface area (Å²) in [5.74, 6) is 0. The van der Waals surface area contributed by atoms with Gasteiger partial charge in [0.2, 0.25) is 0 Å². The number of hydrogen-bond acceptors (Lipinski definition) is 4. The molecule has 2 N–H and O–H groups in total. The zero-order valence-electron chi connectivity index (χ0n) is 14.0. The molecule has 0 saturated carbocycles. The van der Waals surface area contributed by atoms with E-state index in [-0.39, 0.29) is 10.9 Å². The maximum atomic E-state index is 12.9. The molecule has 1 aliphatic heterocycles. The molecule has 0 amide bonds. The van der Waals surface area contributed by atoms with Crippen LogP contribution in [0.5, 0.6) is 0 Å². The minimum atomic E-state index is -0.190. The standard InChI is InChI=1S/C19H18N4OS/c1-12-8-10-14(11-9-12)17-20-21-18(25-17)16-13(2)22-23(19(16)24)15-6-4-3-5-7-15/h3-11,18,21-22H,1-2H3. The van der Waals surface area contributed by atoms with Crippen LogP contribution < -0.4 is 11.0 Å². The van der Waals surface area contributed by atoms with Gasteiger partial charge in [0.25, 0.3) is 5.56 Å². The lowest BCUT2D eigenvalue weighted by molar-refractivity contribution is 0.734. The van der Waals surface area contributed by atoms with Gasteiger partial charge < -0.3 is 0 Å². The number of aryl methyl sites for hydroxylation is 2. The monoisotopic (exact) mass is 350 g/mol. The van der Waals surface area contributed by atoms with E-state index in [2.05, 4.69) is 46.8 Å². The summed E-state index contributed by atoms with van der Waals surface area (Å²) in [5, 5.41) is 8.30. The van der Waals surface area contributed by atoms with E-state index >= 15 is 0 Å². The molecule has 5 nitrogen and oxygen atoms in total. The number of hydrogen-bond donors (Lipinski definition) is 2. The molecule has 1 aliphatic rings. The molecule has 0 radical (unpaired) electrons. The minimum Gasteiger partial charge on any atom is -0.295 e. The molecular formula is C19H18N4OS. The highest BCUT2D eigenvalue weighted by Crippen LogP contribution is 2.34. The molecule has 1 aromatic heterocycles. The Labute approximate surface area is 149 Å². The SMILES string of the molecule is Cc1ccc(C2=NNC(c3c(C)[nH]n(-c4ccccc4)c3=O)S2)cc1. The molecule has 25 heavy (non-hydrogen) atoms. The fraction of sp³-hybridized carbons (Fsp3) is 0.158. The zero-order valence-corrected chi connectivity index (χ0v) is 14.8. The summed E-state index contributed by atoms with van der Waals surface area (Å²) in [6.45, 7) is 3.98. The number of benzene rings is 2. The predicted molar refractivity (Wildman–Crippen MR) is 102 cm³/mol. The van der Waals surface area contributed by atoms with E-state index in [9.17, 15) is 4.79 Å². The Hall–Kier alpha value is -2.73. The van der Waals surface area contributed by atoms with E-state index in [0.717, 1.165) is 22.0 Å². The predicted octanol–water partition coefficient (Wildman–Crippen LogP) is 3.48. The van der Waals surface area contributed by atoms with Crippen LogP contribution in [0.3, 0.4) is 0 Å². The maximum absolute atomic E-state index is 12.9. The fourth-order valence-electron chi connectivity index (χ4n) is 2.86. The molecule has 2 aromatic carbocycles. The first-order chi connectivity index (χ1) is 12.1. The lowest BCUT2D eigenvalue weighted by Crippen LogP contribution is -2.21. The summed E-state index contributed by atoms with van der Waals surface area (Å²) < 4.78 is 1.58. The number of nitrogens with one attached hydrogen (secondary N) is 2. The molecule has 4 rings (SSSR count). The van der Waals surface area contributed by atoms with Gasteiger partial charge >= 0.3 is 0 Å². The number of thioether (sulfide) groups is 1. The van der Waals surface area contributed by atoms with Crippen LogP contribution in [-0.2, 0) is 0 Å². The Bertz CT molecular complexity index is 987.